The Morgan fingerprint density at radius 2 is 1.84 bits per heavy atom. The summed E-state index contributed by atoms with van der Waals surface area (Å²) in [5, 5.41) is 2.38. The number of nitrogens with zero attached hydrogens (tertiary/aromatic N) is 1. The molecule has 3 atom stereocenters. The third kappa shape index (κ3) is 6.35. The summed E-state index contributed by atoms with van der Waals surface area (Å²) in [6.07, 6.45) is 2.11. The van der Waals surface area contributed by atoms with Gasteiger partial charge in [0, 0.05) is 31.0 Å². The summed E-state index contributed by atoms with van der Waals surface area (Å²) in [5.74, 6) is -4.18. The zero-order chi connectivity index (χ0) is 27.6. The van der Waals surface area contributed by atoms with Gasteiger partial charge in [0.05, 0.1) is 6.61 Å². The van der Waals surface area contributed by atoms with Gasteiger partial charge in [0.15, 0.2) is 11.5 Å². The van der Waals surface area contributed by atoms with Gasteiger partial charge in [-0.1, -0.05) is 12.1 Å². The fourth-order valence-electron chi connectivity index (χ4n) is 4.53. The third-order valence-corrected chi connectivity index (χ3v) is 6.68. The average molecular weight is 538 g/mol. The number of hydrogen-bond donors (Lipinski definition) is 2. The van der Waals surface area contributed by atoms with Gasteiger partial charge >= 0.3 is 6.61 Å². The normalized spacial score (nSPS) is 19.8. The number of rotatable bonds is 10. The summed E-state index contributed by atoms with van der Waals surface area (Å²) in [4.78, 5) is 38.9. The summed E-state index contributed by atoms with van der Waals surface area (Å²) in [7, 11) is 0. The third-order valence-electron chi connectivity index (χ3n) is 6.68. The first kappa shape index (κ1) is 27.2. The minimum absolute atomic E-state index is 0.120. The number of likely N-dealkylation sites (tertiary alicyclic amines) is 1. The summed E-state index contributed by atoms with van der Waals surface area (Å²) < 4.78 is 63.7. The Morgan fingerprint density at radius 1 is 1.11 bits per heavy atom. The first-order chi connectivity index (χ1) is 18.0. The van der Waals surface area contributed by atoms with Crippen molar-refractivity contribution in [1.82, 2.24) is 10.2 Å². The molecule has 2 aromatic carbocycles. The largest absolute Gasteiger partial charge is 0.489 e. The highest BCUT2D eigenvalue weighted by Gasteiger charge is 2.40. The van der Waals surface area contributed by atoms with Crippen LogP contribution in [-0.2, 0) is 14.4 Å². The quantitative estimate of drug-likeness (QED) is 0.452. The van der Waals surface area contributed by atoms with Crippen LogP contribution in [0.1, 0.15) is 49.3 Å². The van der Waals surface area contributed by atoms with E-state index in [-0.39, 0.29) is 35.9 Å². The van der Waals surface area contributed by atoms with E-state index in [0.29, 0.717) is 24.2 Å². The van der Waals surface area contributed by atoms with Gasteiger partial charge < -0.3 is 25.4 Å². The van der Waals surface area contributed by atoms with E-state index in [1.54, 1.807) is 12.1 Å². The zero-order valence-corrected chi connectivity index (χ0v) is 20.5. The molecule has 0 bridgehead atoms. The predicted octanol–water partition coefficient (Wildman–Crippen LogP) is 3.40. The number of ether oxygens (including phenoxy) is 2. The molecule has 2 fully saturated rings. The summed E-state index contributed by atoms with van der Waals surface area (Å²) in [6.45, 7) is -1.29. The average Bonchev–Trinajstić information content (AvgIpc) is 3.56. The Hall–Kier alpha value is -3.83. The molecule has 12 heteroatoms. The number of primary amides is 1. The van der Waals surface area contributed by atoms with Crippen molar-refractivity contribution in [2.45, 2.75) is 50.8 Å². The van der Waals surface area contributed by atoms with Crippen molar-refractivity contribution in [3.8, 4) is 11.5 Å². The van der Waals surface area contributed by atoms with E-state index in [4.69, 9.17) is 10.5 Å². The van der Waals surface area contributed by atoms with Gasteiger partial charge in [-0.15, -0.1) is 0 Å². The minimum Gasteiger partial charge on any atom is -0.489 e. The lowest BCUT2D eigenvalue weighted by Gasteiger charge is -2.25. The van der Waals surface area contributed by atoms with E-state index in [1.807, 2.05) is 0 Å². The van der Waals surface area contributed by atoms with Gasteiger partial charge in [0.2, 0.25) is 17.7 Å². The van der Waals surface area contributed by atoms with Gasteiger partial charge in [-0.2, -0.15) is 8.78 Å². The minimum atomic E-state index is -3.04. The van der Waals surface area contributed by atoms with Crippen molar-refractivity contribution in [2.75, 3.05) is 13.2 Å². The van der Waals surface area contributed by atoms with Gasteiger partial charge in [0.1, 0.15) is 23.7 Å². The van der Waals surface area contributed by atoms with Crippen molar-refractivity contribution in [2.24, 2.45) is 11.7 Å². The highest BCUT2D eigenvalue weighted by molar-refractivity contribution is 5.92. The van der Waals surface area contributed by atoms with Crippen LogP contribution in [0.15, 0.2) is 36.4 Å². The van der Waals surface area contributed by atoms with E-state index in [2.05, 4.69) is 10.1 Å². The van der Waals surface area contributed by atoms with Gasteiger partial charge in [-0.25, -0.2) is 8.78 Å². The van der Waals surface area contributed by atoms with E-state index in [0.717, 1.165) is 25.0 Å². The van der Waals surface area contributed by atoms with Crippen molar-refractivity contribution in [3.63, 3.8) is 0 Å². The highest BCUT2D eigenvalue weighted by atomic mass is 19.3. The van der Waals surface area contributed by atoms with Crippen LogP contribution in [0.4, 0.5) is 17.6 Å². The monoisotopic (exact) mass is 537 g/mol. The number of carbonyl (C=O) groups excluding carboxylic acids is 3. The molecular weight excluding hydrogens is 510 g/mol. The Labute approximate surface area is 216 Å². The second-order valence-corrected chi connectivity index (χ2v) is 9.47. The maximum absolute atomic E-state index is 14.3. The molecule has 3 unspecified atom stereocenters. The molecule has 2 aliphatic rings. The van der Waals surface area contributed by atoms with Crippen LogP contribution in [0.5, 0.6) is 11.5 Å². The van der Waals surface area contributed by atoms with Crippen LogP contribution >= 0.6 is 0 Å². The predicted molar refractivity (Wildman–Crippen MR) is 126 cm³/mol. The summed E-state index contributed by atoms with van der Waals surface area (Å²) in [5.41, 5.74) is 5.70. The van der Waals surface area contributed by atoms with E-state index in [9.17, 15) is 31.9 Å². The van der Waals surface area contributed by atoms with Crippen LogP contribution in [0.3, 0.4) is 0 Å². The molecule has 3 amide bonds. The molecule has 1 saturated heterocycles. The number of carbonyl (C=O) groups is 3. The molecule has 1 saturated carbocycles. The lowest BCUT2D eigenvalue weighted by molar-refractivity contribution is -0.138. The molecule has 204 valence electrons. The van der Waals surface area contributed by atoms with Crippen molar-refractivity contribution in [3.05, 3.63) is 59.2 Å². The van der Waals surface area contributed by atoms with Crippen LogP contribution in [-0.4, -0.2) is 48.4 Å². The van der Waals surface area contributed by atoms with Crippen LogP contribution in [0.25, 0.3) is 0 Å². The first-order valence-electron chi connectivity index (χ1n) is 12.1. The van der Waals surface area contributed by atoms with Crippen molar-refractivity contribution in [1.29, 1.82) is 0 Å². The topological polar surface area (TPSA) is 111 Å². The SMILES string of the molecule is CC(=O)N1CC(c2ccc(OC(F)F)c(OCC3CC3)c2)CC1C(=O)NC(C(N)=O)c1ccc(F)cc1F. The second-order valence-electron chi connectivity index (χ2n) is 9.47. The number of hydrogen-bond acceptors (Lipinski definition) is 5. The number of nitrogens with one attached hydrogen (secondary N) is 1. The van der Waals surface area contributed by atoms with E-state index >= 15 is 0 Å². The van der Waals surface area contributed by atoms with Crippen LogP contribution in [0, 0.1) is 17.6 Å². The Morgan fingerprint density at radius 3 is 2.45 bits per heavy atom. The molecule has 1 heterocycles. The maximum Gasteiger partial charge on any atom is 0.387 e. The fraction of sp³-hybridized carbons (Fsp3) is 0.423. The molecule has 1 aliphatic heterocycles. The van der Waals surface area contributed by atoms with Crippen molar-refractivity contribution >= 4 is 17.7 Å². The number of nitrogens with two attached hydrogens (primary N) is 1. The Kier molecular flexibility index (Phi) is 8.08. The highest BCUT2D eigenvalue weighted by Crippen LogP contribution is 2.39. The zero-order valence-electron chi connectivity index (χ0n) is 20.5. The molecule has 0 aromatic heterocycles. The molecule has 0 radical (unpaired) electrons. The molecule has 8 nitrogen and oxygen atoms in total. The summed E-state index contributed by atoms with van der Waals surface area (Å²) >= 11 is 0. The molecule has 3 N–H and O–H groups in total. The lowest BCUT2D eigenvalue weighted by Crippen LogP contribution is -2.48. The smallest absolute Gasteiger partial charge is 0.387 e. The fourth-order valence-corrected chi connectivity index (χ4v) is 4.53. The van der Waals surface area contributed by atoms with Gasteiger partial charge in [0.25, 0.3) is 0 Å². The van der Waals surface area contributed by atoms with Crippen LogP contribution in [0.2, 0.25) is 0 Å². The lowest BCUT2D eigenvalue weighted by atomic mass is 9.95. The molecular formula is C26H27F4N3O5. The Bertz CT molecular complexity index is 1220. The number of amides is 3. The standard InChI is InChI=1S/C26H27F4N3O5/c1-13(34)33-11-16(15-4-7-21(38-26(29)30)22(9-15)37-12-14-2-3-14)8-20(33)25(36)32-23(24(31)35)18-6-5-17(27)10-19(18)28/h4-7,9-10,14,16,20,23,26H,2-3,8,11-12H2,1H3,(H2,31,35)(H,32,36). The molecule has 38 heavy (non-hydrogen) atoms. The Balaban J connectivity index is 1.55. The molecule has 1 aliphatic carbocycles. The molecule has 2 aromatic rings. The van der Waals surface area contributed by atoms with E-state index < -0.39 is 48.1 Å². The van der Waals surface area contributed by atoms with E-state index in [1.165, 1.54) is 17.9 Å². The van der Waals surface area contributed by atoms with Gasteiger partial charge in [-0.3, -0.25) is 14.4 Å². The number of benzene rings is 2. The summed E-state index contributed by atoms with van der Waals surface area (Å²) in [6, 6.07) is 4.35. The second kappa shape index (κ2) is 11.3. The number of alkyl halides is 2. The first-order valence-corrected chi connectivity index (χ1v) is 12.1. The maximum atomic E-state index is 14.3. The number of halogens is 4. The van der Waals surface area contributed by atoms with Crippen molar-refractivity contribution < 1.29 is 41.4 Å². The van der Waals surface area contributed by atoms with Crippen LogP contribution < -0.4 is 20.5 Å². The molecule has 0 spiro atoms. The molecule has 4 rings (SSSR count). The van der Waals surface area contributed by atoms with Gasteiger partial charge in [-0.05, 0) is 48.9 Å².